The Hall–Kier alpha value is -1.30. The molecule has 0 spiro atoms. The molecule has 2 N–H and O–H groups in total. The van der Waals surface area contributed by atoms with Crippen LogP contribution in [0.25, 0.3) is 5.65 Å². The van der Waals surface area contributed by atoms with Gasteiger partial charge >= 0.3 is 0 Å². The molecular weight excluding hydrogens is 323 g/mol. The molecule has 3 rings (SSSR count). The lowest BCUT2D eigenvalue weighted by atomic mass is 9.99. The molecule has 1 saturated heterocycles. The van der Waals surface area contributed by atoms with Crippen LogP contribution in [-0.2, 0) is 11.2 Å². The standard InChI is InChI=1S/C15H20N4O.2ClH/c20-15(12-4-3-7-16-10-12)17-8-6-13-11-19-9-2-1-5-14(19)18-13;;/h1-2,5,9,11-12,16H,3-4,6-8,10H2,(H,17,20);2*1H. The third kappa shape index (κ3) is 4.60. The van der Waals surface area contributed by atoms with Crippen molar-refractivity contribution in [3.05, 3.63) is 36.3 Å². The van der Waals surface area contributed by atoms with E-state index in [-0.39, 0.29) is 36.6 Å². The van der Waals surface area contributed by atoms with Crippen molar-refractivity contribution in [2.24, 2.45) is 5.92 Å². The molecule has 1 fully saturated rings. The fourth-order valence-electron chi connectivity index (χ4n) is 2.64. The van der Waals surface area contributed by atoms with Gasteiger partial charge in [0.15, 0.2) is 0 Å². The Morgan fingerprint density at radius 1 is 1.41 bits per heavy atom. The number of pyridine rings is 1. The summed E-state index contributed by atoms with van der Waals surface area (Å²) in [6, 6.07) is 5.94. The van der Waals surface area contributed by atoms with Crippen LogP contribution in [0.1, 0.15) is 18.5 Å². The Balaban J connectivity index is 0.00000121. The molecule has 3 heterocycles. The molecule has 0 aliphatic carbocycles. The molecule has 22 heavy (non-hydrogen) atoms. The van der Waals surface area contributed by atoms with Gasteiger partial charge in [-0.1, -0.05) is 6.07 Å². The van der Waals surface area contributed by atoms with Crippen LogP contribution in [-0.4, -0.2) is 34.9 Å². The van der Waals surface area contributed by atoms with Gasteiger partial charge in [-0.3, -0.25) is 4.79 Å². The zero-order valence-electron chi connectivity index (χ0n) is 12.3. The molecule has 0 bridgehead atoms. The molecule has 0 saturated carbocycles. The molecule has 5 nitrogen and oxygen atoms in total. The van der Waals surface area contributed by atoms with Crippen LogP contribution < -0.4 is 10.6 Å². The van der Waals surface area contributed by atoms with E-state index in [1.54, 1.807) is 0 Å². The van der Waals surface area contributed by atoms with Crippen molar-refractivity contribution in [1.29, 1.82) is 0 Å². The fourth-order valence-corrected chi connectivity index (χ4v) is 2.64. The molecule has 2 aromatic heterocycles. The molecule has 1 atom stereocenters. The average Bonchev–Trinajstić information content (AvgIpc) is 2.90. The molecule has 0 radical (unpaired) electrons. The number of halogens is 2. The quantitative estimate of drug-likeness (QED) is 0.889. The number of nitrogens with one attached hydrogen (secondary N) is 2. The van der Waals surface area contributed by atoms with Crippen LogP contribution in [0.3, 0.4) is 0 Å². The van der Waals surface area contributed by atoms with Gasteiger partial charge in [-0.15, -0.1) is 24.8 Å². The summed E-state index contributed by atoms with van der Waals surface area (Å²) in [5, 5.41) is 6.28. The van der Waals surface area contributed by atoms with Crippen molar-refractivity contribution in [3.8, 4) is 0 Å². The maximum atomic E-state index is 12.0. The topological polar surface area (TPSA) is 58.4 Å². The first-order valence-corrected chi connectivity index (χ1v) is 7.24. The second kappa shape index (κ2) is 8.98. The van der Waals surface area contributed by atoms with Crippen molar-refractivity contribution in [3.63, 3.8) is 0 Å². The van der Waals surface area contributed by atoms with E-state index >= 15 is 0 Å². The number of amides is 1. The highest BCUT2D eigenvalue weighted by molar-refractivity contribution is 5.85. The van der Waals surface area contributed by atoms with E-state index in [4.69, 9.17) is 0 Å². The molecule has 7 heteroatoms. The van der Waals surface area contributed by atoms with Crippen LogP contribution >= 0.6 is 24.8 Å². The van der Waals surface area contributed by atoms with E-state index < -0.39 is 0 Å². The smallest absolute Gasteiger partial charge is 0.224 e. The van der Waals surface area contributed by atoms with Gasteiger partial charge in [-0.25, -0.2) is 4.98 Å². The van der Waals surface area contributed by atoms with E-state index in [1.807, 2.05) is 35.0 Å². The normalized spacial score (nSPS) is 17.4. The number of carbonyl (C=O) groups is 1. The number of imidazole rings is 1. The van der Waals surface area contributed by atoms with Crippen LogP contribution in [0.15, 0.2) is 30.6 Å². The Labute approximate surface area is 142 Å². The van der Waals surface area contributed by atoms with Crippen LogP contribution in [0.2, 0.25) is 0 Å². The molecule has 1 amide bonds. The summed E-state index contributed by atoms with van der Waals surface area (Å²) in [7, 11) is 0. The Morgan fingerprint density at radius 2 is 2.27 bits per heavy atom. The van der Waals surface area contributed by atoms with Crippen LogP contribution in [0, 0.1) is 5.92 Å². The fraction of sp³-hybridized carbons (Fsp3) is 0.467. The summed E-state index contributed by atoms with van der Waals surface area (Å²) in [5.74, 6) is 0.297. The van der Waals surface area contributed by atoms with Crippen LogP contribution in [0.5, 0.6) is 0 Å². The highest BCUT2D eigenvalue weighted by atomic mass is 35.5. The van der Waals surface area contributed by atoms with Crippen molar-refractivity contribution >= 4 is 36.4 Å². The highest BCUT2D eigenvalue weighted by Crippen LogP contribution is 2.10. The first kappa shape index (κ1) is 18.7. The van der Waals surface area contributed by atoms with Gasteiger partial charge in [0.05, 0.1) is 11.6 Å². The van der Waals surface area contributed by atoms with E-state index in [0.717, 1.165) is 43.7 Å². The highest BCUT2D eigenvalue weighted by Gasteiger charge is 2.20. The van der Waals surface area contributed by atoms with Crippen molar-refractivity contribution in [2.45, 2.75) is 19.3 Å². The summed E-state index contributed by atoms with van der Waals surface area (Å²) in [6.45, 7) is 2.49. The lowest BCUT2D eigenvalue weighted by molar-refractivity contribution is -0.125. The van der Waals surface area contributed by atoms with Gasteiger partial charge in [0.25, 0.3) is 0 Å². The zero-order valence-corrected chi connectivity index (χ0v) is 14.0. The molecule has 1 unspecified atom stereocenters. The van der Waals surface area contributed by atoms with E-state index in [1.165, 1.54) is 0 Å². The third-order valence-corrected chi connectivity index (χ3v) is 3.76. The lowest BCUT2D eigenvalue weighted by Crippen LogP contribution is -2.41. The summed E-state index contributed by atoms with van der Waals surface area (Å²) in [6.07, 6.45) is 6.85. The summed E-state index contributed by atoms with van der Waals surface area (Å²) in [4.78, 5) is 16.5. The third-order valence-electron chi connectivity index (χ3n) is 3.76. The summed E-state index contributed by atoms with van der Waals surface area (Å²) < 4.78 is 2.00. The average molecular weight is 345 g/mol. The largest absolute Gasteiger partial charge is 0.355 e. The number of hydrogen-bond donors (Lipinski definition) is 2. The Kier molecular flexibility index (Phi) is 7.65. The van der Waals surface area contributed by atoms with Crippen molar-refractivity contribution in [2.75, 3.05) is 19.6 Å². The number of piperidine rings is 1. The summed E-state index contributed by atoms with van der Waals surface area (Å²) >= 11 is 0. The number of fused-ring (bicyclic) bond motifs is 1. The number of aromatic nitrogens is 2. The first-order chi connectivity index (χ1) is 9.83. The van der Waals surface area contributed by atoms with Gasteiger partial charge in [0, 0.05) is 31.9 Å². The first-order valence-electron chi connectivity index (χ1n) is 7.24. The molecule has 0 aromatic carbocycles. The Morgan fingerprint density at radius 3 is 3.00 bits per heavy atom. The van der Waals surface area contributed by atoms with Gasteiger partial charge < -0.3 is 15.0 Å². The van der Waals surface area contributed by atoms with Gasteiger partial charge in [0.1, 0.15) is 5.65 Å². The zero-order chi connectivity index (χ0) is 13.8. The molecule has 1 aliphatic rings. The van der Waals surface area contributed by atoms with E-state index in [2.05, 4.69) is 15.6 Å². The van der Waals surface area contributed by atoms with Crippen LogP contribution in [0.4, 0.5) is 0 Å². The molecule has 122 valence electrons. The lowest BCUT2D eigenvalue weighted by Gasteiger charge is -2.21. The second-order valence-corrected chi connectivity index (χ2v) is 5.28. The summed E-state index contributed by atoms with van der Waals surface area (Å²) in [5.41, 5.74) is 1.96. The monoisotopic (exact) mass is 344 g/mol. The predicted molar refractivity (Wildman–Crippen MR) is 92.0 cm³/mol. The number of rotatable bonds is 4. The predicted octanol–water partition coefficient (Wildman–Crippen LogP) is 1.84. The Bertz CT molecular complexity index is 563. The minimum atomic E-state index is 0. The minimum Gasteiger partial charge on any atom is -0.355 e. The molecule has 1 aliphatic heterocycles. The number of carbonyl (C=O) groups excluding carboxylic acids is 1. The maximum Gasteiger partial charge on any atom is 0.224 e. The van der Waals surface area contributed by atoms with E-state index in [0.29, 0.717) is 6.54 Å². The van der Waals surface area contributed by atoms with Gasteiger partial charge in [-0.05, 0) is 31.5 Å². The van der Waals surface area contributed by atoms with Crippen molar-refractivity contribution in [1.82, 2.24) is 20.0 Å². The minimum absolute atomic E-state index is 0. The number of hydrogen-bond acceptors (Lipinski definition) is 3. The van der Waals surface area contributed by atoms with Gasteiger partial charge in [0.2, 0.25) is 5.91 Å². The molecule has 2 aromatic rings. The van der Waals surface area contributed by atoms with Crippen molar-refractivity contribution < 1.29 is 4.79 Å². The SMILES string of the molecule is Cl.Cl.O=C(NCCc1cn2ccccc2n1)C1CCCNC1. The molecular formula is C15H22Cl2N4O. The maximum absolute atomic E-state index is 12.0. The van der Waals surface area contributed by atoms with E-state index in [9.17, 15) is 4.79 Å². The second-order valence-electron chi connectivity index (χ2n) is 5.28. The van der Waals surface area contributed by atoms with Gasteiger partial charge in [-0.2, -0.15) is 0 Å². The number of nitrogens with zero attached hydrogens (tertiary/aromatic N) is 2.